The van der Waals surface area contributed by atoms with Crippen molar-refractivity contribution in [2.24, 2.45) is 5.73 Å². The second kappa shape index (κ2) is 7.66. The fourth-order valence-electron chi connectivity index (χ4n) is 2.66. The Labute approximate surface area is 128 Å². The Bertz CT molecular complexity index is 440. The Kier molecular flexibility index (Phi) is 5.88. The fourth-order valence-corrected chi connectivity index (χ4v) is 2.66. The predicted molar refractivity (Wildman–Crippen MR) is 87.2 cm³/mol. The lowest BCUT2D eigenvalue weighted by Crippen LogP contribution is -2.39. The Morgan fingerprint density at radius 1 is 1.24 bits per heavy atom. The number of ether oxygens (including phenoxy) is 2. The summed E-state index contributed by atoms with van der Waals surface area (Å²) in [4.78, 5) is 2.42. The molecule has 4 nitrogen and oxygen atoms in total. The van der Waals surface area contributed by atoms with Crippen molar-refractivity contribution in [1.82, 2.24) is 0 Å². The van der Waals surface area contributed by atoms with E-state index in [1.165, 1.54) is 11.3 Å². The van der Waals surface area contributed by atoms with Gasteiger partial charge in [-0.3, -0.25) is 0 Å². The smallest absolute Gasteiger partial charge is 0.119 e. The van der Waals surface area contributed by atoms with Gasteiger partial charge in [-0.05, 0) is 57.4 Å². The molecular formula is C17H28N2O2. The van der Waals surface area contributed by atoms with Gasteiger partial charge in [0.25, 0.3) is 0 Å². The van der Waals surface area contributed by atoms with Crippen LogP contribution in [0.1, 0.15) is 32.3 Å². The van der Waals surface area contributed by atoms with Crippen LogP contribution in [0.2, 0.25) is 0 Å². The maximum Gasteiger partial charge on any atom is 0.119 e. The molecule has 1 saturated heterocycles. The van der Waals surface area contributed by atoms with Gasteiger partial charge < -0.3 is 20.1 Å². The standard InChI is InChI=1S/C17H28N2O2/c1-13(2)20-10-11-21-16-4-5-17(14(3)12-16)19-8-6-15(18)7-9-19/h4-5,12-13,15H,6-11,18H2,1-3H3. The first kappa shape index (κ1) is 16.1. The molecule has 0 radical (unpaired) electrons. The summed E-state index contributed by atoms with van der Waals surface area (Å²) < 4.78 is 11.2. The van der Waals surface area contributed by atoms with E-state index >= 15 is 0 Å². The molecule has 1 heterocycles. The predicted octanol–water partition coefficient (Wildman–Crippen LogP) is 2.73. The number of piperidine rings is 1. The van der Waals surface area contributed by atoms with Gasteiger partial charge in [0.05, 0.1) is 12.7 Å². The van der Waals surface area contributed by atoms with E-state index in [1.807, 2.05) is 19.9 Å². The summed E-state index contributed by atoms with van der Waals surface area (Å²) in [6, 6.07) is 6.68. The number of hydrogen-bond acceptors (Lipinski definition) is 4. The molecule has 1 aromatic carbocycles. The molecule has 0 bridgehead atoms. The third-order valence-corrected chi connectivity index (χ3v) is 3.85. The summed E-state index contributed by atoms with van der Waals surface area (Å²) in [5.41, 5.74) is 8.52. The number of anilines is 1. The highest BCUT2D eigenvalue weighted by Gasteiger charge is 2.17. The van der Waals surface area contributed by atoms with Crippen molar-refractivity contribution in [3.63, 3.8) is 0 Å². The molecule has 1 fully saturated rings. The average Bonchev–Trinajstić information content (AvgIpc) is 2.45. The van der Waals surface area contributed by atoms with E-state index in [2.05, 4.69) is 24.0 Å². The summed E-state index contributed by atoms with van der Waals surface area (Å²) in [6.07, 6.45) is 2.40. The fraction of sp³-hybridized carbons (Fsp3) is 0.647. The normalized spacial score (nSPS) is 16.5. The van der Waals surface area contributed by atoms with Crippen LogP contribution in [0.4, 0.5) is 5.69 Å². The van der Waals surface area contributed by atoms with Crippen LogP contribution in [0.15, 0.2) is 18.2 Å². The highest BCUT2D eigenvalue weighted by Crippen LogP contribution is 2.27. The van der Waals surface area contributed by atoms with E-state index in [9.17, 15) is 0 Å². The van der Waals surface area contributed by atoms with Crippen molar-refractivity contribution in [2.75, 3.05) is 31.2 Å². The van der Waals surface area contributed by atoms with E-state index in [0.29, 0.717) is 19.3 Å². The maximum absolute atomic E-state index is 5.97. The summed E-state index contributed by atoms with van der Waals surface area (Å²) in [5.74, 6) is 0.914. The van der Waals surface area contributed by atoms with Gasteiger partial charge in [-0.1, -0.05) is 0 Å². The van der Waals surface area contributed by atoms with Gasteiger partial charge in [0.1, 0.15) is 12.4 Å². The highest BCUT2D eigenvalue weighted by atomic mass is 16.5. The summed E-state index contributed by atoms with van der Waals surface area (Å²) in [6.45, 7) is 9.52. The number of nitrogens with zero attached hydrogens (tertiary/aromatic N) is 1. The molecule has 2 rings (SSSR count). The molecule has 118 valence electrons. The molecule has 21 heavy (non-hydrogen) atoms. The van der Waals surface area contributed by atoms with Crippen LogP contribution >= 0.6 is 0 Å². The molecule has 0 amide bonds. The van der Waals surface area contributed by atoms with Gasteiger partial charge in [0.2, 0.25) is 0 Å². The minimum absolute atomic E-state index is 0.253. The first-order valence-electron chi connectivity index (χ1n) is 7.92. The minimum atomic E-state index is 0.253. The van der Waals surface area contributed by atoms with E-state index in [4.69, 9.17) is 15.2 Å². The Morgan fingerprint density at radius 2 is 1.95 bits per heavy atom. The van der Waals surface area contributed by atoms with E-state index < -0.39 is 0 Å². The molecule has 1 aliphatic rings. The van der Waals surface area contributed by atoms with Crippen molar-refractivity contribution in [2.45, 2.75) is 45.8 Å². The number of hydrogen-bond donors (Lipinski definition) is 1. The van der Waals surface area contributed by atoms with E-state index in [0.717, 1.165) is 31.7 Å². The largest absolute Gasteiger partial charge is 0.491 e. The van der Waals surface area contributed by atoms with Gasteiger partial charge in [0, 0.05) is 24.8 Å². The number of benzene rings is 1. The summed E-state index contributed by atoms with van der Waals surface area (Å²) in [5, 5.41) is 0. The van der Waals surface area contributed by atoms with Crippen molar-refractivity contribution in [3.8, 4) is 5.75 Å². The molecular weight excluding hydrogens is 264 g/mol. The third-order valence-electron chi connectivity index (χ3n) is 3.85. The van der Waals surface area contributed by atoms with E-state index in [1.54, 1.807) is 0 Å². The number of rotatable bonds is 6. The van der Waals surface area contributed by atoms with Gasteiger partial charge >= 0.3 is 0 Å². The van der Waals surface area contributed by atoms with Crippen molar-refractivity contribution >= 4 is 5.69 Å². The Morgan fingerprint density at radius 3 is 2.57 bits per heavy atom. The molecule has 0 unspecified atom stereocenters. The molecule has 1 aliphatic heterocycles. The Balaban J connectivity index is 1.88. The van der Waals surface area contributed by atoms with Crippen molar-refractivity contribution < 1.29 is 9.47 Å². The zero-order chi connectivity index (χ0) is 15.2. The summed E-state index contributed by atoms with van der Waals surface area (Å²) in [7, 11) is 0. The quantitative estimate of drug-likeness (QED) is 0.819. The first-order chi connectivity index (χ1) is 10.1. The molecule has 2 N–H and O–H groups in total. The van der Waals surface area contributed by atoms with Crippen LogP contribution < -0.4 is 15.4 Å². The lowest BCUT2D eigenvalue weighted by molar-refractivity contribution is 0.0552. The van der Waals surface area contributed by atoms with Crippen molar-refractivity contribution in [1.29, 1.82) is 0 Å². The minimum Gasteiger partial charge on any atom is -0.491 e. The van der Waals surface area contributed by atoms with E-state index in [-0.39, 0.29) is 6.10 Å². The molecule has 0 spiro atoms. The van der Waals surface area contributed by atoms with Crippen LogP contribution in [-0.2, 0) is 4.74 Å². The third kappa shape index (κ3) is 4.90. The zero-order valence-electron chi connectivity index (χ0n) is 13.5. The molecule has 0 atom stereocenters. The highest BCUT2D eigenvalue weighted by molar-refractivity contribution is 5.56. The molecule has 0 aliphatic carbocycles. The van der Waals surface area contributed by atoms with Crippen LogP contribution in [0.3, 0.4) is 0 Å². The molecule has 0 aromatic heterocycles. The van der Waals surface area contributed by atoms with Crippen LogP contribution in [0, 0.1) is 6.92 Å². The Hall–Kier alpha value is -1.26. The lowest BCUT2D eigenvalue weighted by Gasteiger charge is -2.33. The monoisotopic (exact) mass is 292 g/mol. The topological polar surface area (TPSA) is 47.7 Å². The molecule has 0 saturated carbocycles. The van der Waals surface area contributed by atoms with Crippen LogP contribution in [-0.4, -0.2) is 38.4 Å². The van der Waals surface area contributed by atoms with Gasteiger partial charge in [-0.15, -0.1) is 0 Å². The SMILES string of the molecule is Cc1cc(OCCOC(C)C)ccc1N1CCC(N)CC1. The van der Waals surface area contributed by atoms with Gasteiger partial charge in [-0.25, -0.2) is 0 Å². The number of nitrogens with two attached hydrogens (primary N) is 1. The lowest BCUT2D eigenvalue weighted by atomic mass is 10.0. The average molecular weight is 292 g/mol. The first-order valence-corrected chi connectivity index (χ1v) is 7.92. The number of aryl methyl sites for hydroxylation is 1. The van der Waals surface area contributed by atoms with Gasteiger partial charge in [0.15, 0.2) is 0 Å². The van der Waals surface area contributed by atoms with Crippen LogP contribution in [0.5, 0.6) is 5.75 Å². The summed E-state index contributed by atoms with van der Waals surface area (Å²) >= 11 is 0. The second-order valence-corrected chi connectivity index (χ2v) is 6.04. The van der Waals surface area contributed by atoms with Crippen LogP contribution in [0.25, 0.3) is 0 Å². The van der Waals surface area contributed by atoms with Crippen molar-refractivity contribution in [3.05, 3.63) is 23.8 Å². The maximum atomic E-state index is 5.97. The zero-order valence-corrected chi connectivity index (χ0v) is 13.5. The molecule has 4 heteroatoms. The van der Waals surface area contributed by atoms with Gasteiger partial charge in [-0.2, -0.15) is 0 Å². The second-order valence-electron chi connectivity index (χ2n) is 6.04. The molecule has 1 aromatic rings.